The van der Waals surface area contributed by atoms with Crippen molar-refractivity contribution in [2.75, 3.05) is 13.2 Å². The van der Waals surface area contributed by atoms with Gasteiger partial charge in [0.2, 0.25) is 5.91 Å². The largest absolute Gasteiger partial charge is 0.504 e. The van der Waals surface area contributed by atoms with E-state index in [1.807, 2.05) is 6.07 Å². The molecule has 3 heterocycles. The van der Waals surface area contributed by atoms with Crippen LogP contribution in [-0.2, 0) is 11.1 Å². The second-order valence-corrected chi connectivity index (χ2v) is 6.37. The van der Waals surface area contributed by atoms with Crippen LogP contribution in [0, 0.1) is 5.92 Å². The van der Waals surface area contributed by atoms with E-state index in [9.17, 15) is 18.0 Å². The van der Waals surface area contributed by atoms with E-state index in [0.717, 1.165) is 17.8 Å². The van der Waals surface area contributed by atoms with Crippen molar-refractivity contribution in [3.05, 3.63) is 42.9 Å². The van der Waals surface area contributed by atoms with Gasteiger partial charge in [0, 0.05) is 42.2 Å². The Kier molecular flexibility index (Phi) is 4.21. The Morgan fingerprint density at radius 2 is 2.15 bits per heavy atom. The van der Waals surface area contributed by atoms with Crippen LogP contribution < -0.4 is 10.1 Å². The standard InChI is InChI=1S/C18H15F3N4O2/c19-18(20,21)25-9-13(8-24-25)12-5-15-14(2-1-3-22-15)16(6-12)27-10-11-4-17(26)23-7-11/h1-3,5-6,8-9,11H,4,7,10H2,(H,23,26). The summed E-state index contributed by atoms with van der Waals surface area (Å²) in [5.74, 6) is 0.555. The number of nitrogens with zero attached hydrogens (tertiary/aromatic N) is 3. The molecule has 140 valence electrons. The first kappa shape index (κ1) is 17.3. The van der Waals surface area contributed by atoms with E-state index < -0.39 is 6.30 Å². The zero-order chi connectivity index (χ0) is 19.0. The van der Waals surface area contributed by atoms with Crippen molar-refractivity contribution in [2.24, 2.45) is 5.92 Å². The van der Waals surface area contributed by atoms with Gasteiger partial charge < -0.3 is 10.1 Å². The summed E-state index contributed by atoms with van der Waals surface area (Å²) in [7, 11) is 0. The Morgan fingerprint density at radius 1 is 1.30 bits per heavy atom. The molecule has 0 bridgehead atoms. The summed E-state index contributed by atoms with van der Waals surface area (Å²) >= 11 is 0. The number of benzene rings is 1. The molecule has 9 heteroatoms. The molecule has 1 unspecified atom stereocenters. The Labute approximate surface area is 152 Å². The molecule has 27 heavy (non-hydrogen) atoms. The van der Waals surface area contributed by atoms with E-state index in [1.165, 1.54) is 0 Å². The molecule has 1 aliphatic heterocycles. The van der Waals surface area contributed by atoms with Crippen molar-refractivity contribution < 1.29 is 22.7 Å². The zero-order valence-corrected chi connectivity index (χ0v) is 14.0. The summed E-state index contributed by atoms with van der Waals surface area (Å²) in [5, 5.41) is 6.88. The maximum Gasteiger partial charge on any atom is 0.504 e. The highest BCUT2D eigenvalue weighted by atomic mass is 19.4. The fraction of sp³-hybridized carbons (Fsp3) is 0.278. The molecule has 1 aliphatic rings. The van der Waals surface area contributed by atoms with Crippen LogP contribution in [0.1, 0.15) is 6.42 Å². The molecule has 0 aliphatic carbocycles. The van der Waals surface area contributed by atoms with E-state index in [-0.39, 0.29) is 16.5 Å². The second kappa shape index (κ2) is 6.57. The van der Waals surface area contributed by atoms with Gasteiger partial charge in [-0.3, -0.25) is 9.78 Å². The first-order valence-electron chi connectivity index (χ1n) is 8.30. The van der Waals surface area contributed by atoms with Crippen LogP contribution in [0.4, 0.5) is 13.2 Å². The molecule has 0 spiro atoms. The van der Waals surface area contributed by atoms with Crippen molar-refractivity contribution in [1.82, 2.24) is 20.1 Å². The molecule has 0 saturated carbocycles. The number of hydrogen-bond acceptors (Lipinski definition) is 4. The zero-order valence-electron chi connectivity index (χ0n) is 14.0. The summed E-state index contributed by atoms with van der Waals surface area (Å²) in [6.45, 7) is 0.876. The molecule has 1 fully saturated rings. The molecule has 4 rings (SSSR count). The molecule has 1 atom stereocenters. The minimum Gasteiger partial charge on any atom is -0.492 e. The number of carbonyl (C=O) groups is 1. The molecule has 6 nitrogen and oxygen atoms in total. The summed E-state index contributed by atoms with van der Waals surface area (Å²) in [5.41, 5.74) is 1.43. The molecule has 1 N–H and O–H groups in total. The number of hydrogen-bond donors (Lipinski definition) is 1. The predicted octanol–water partition coefficient (Wildman–Crippen LogP) is 3.09. The molecular weight excluding hydrogens is 361 g/mol. The molecule has 1 saturated heterocycles. The third-order valence-electron chi connectivity index (χ3n) is 4.40. The molecule has 0 radical (unpaired) electrons. The van der Waals surface area contributed by atoms with Crippen LogP contribution >= 0.6 is 0 Å². The number of aromatic nitrogens is 3. The molecule has 2 aromatic heterocycles. The van der Waals surface area contributed by atoms with Crippen LogP contribution in [0.15, 0.2) is 42.9 Å². The lowest BCUT2D eigenvalue weighted by Gasteiger charge is -2.13. The van der Waals surface area contributed by atoms with Gasteiger partial charge in [-0.15, -0.1) is 13.2 Å². The van der Waals surface area contributed by atoms with Crippen LogP contribution in [0.3, 0.4) is 0 Å². The van der Waals surface area contributed by atoms with E-state index in [2.05, 4.69) is 15.4 Å². The number of nitrogens with one attached hydrogen (secondary N) is 1. The van der Waals surface area contributed by atoms with Gasteiger partial charge in [-0.1, -0.05) is 0 Å². The normalized spacial score (nSPS) is 17.3. The van der Waals surface area contributed by atoms with Gasteiger partial charge in [-0.2, -0.15) is 9.78 Å². The summed E-state index contributed by atoms with van der Waals surface area (Å²) in [6, 6.07) is 6.96. The van der Waals surface area contributed by atoms with Gasteiger partial charge in [0.15, 0.2) is 0 Å². The minimum absolute atomic E-state index is 0.0107. The Bertz CT molecular complexity index is 1000. The fourth-order valence-electron chi connectivity index (χ4n) is 3.04. The first-order chi connectivity index (χ1) is 12.9. The SMILES string of the molecule is O=C1CC(COc2cc(-c3cnn(C(F)(F)F)c3)cc3ncccc23)CN1. The number of fused-ring (bicyclic) bond motifs is 1. The van der Waals surface area contributed by atoms with Gasteiger partial charge in [-0.25, -0.2) is 0 Å². The highest BCUT2D eigenvalue weighted by Gasteiger charge is 2.31. The number of amides is 1. The van der Waals surface area contributed by atoms with E-state index in [1.54, 1.807) is 24.4 Å². The second-order valence-electron chi connectivity index (χ2n) is 6.37. The quantitative estimate of drug-likeness (QED) is 0.760. The molecule has 1 amide bonds. The van der Waals surface area contributed by atoms with Crippen LogP contribution in [0.5, 0.6) is 5.75 Å². The fourth-order valence-corrected chi connectivity index (χ4v) is 3.04. The minimum atomic E-state index is -4.57. The van der Waals surface area contributed by atoms with Gasteiger partial charge in [-0.05, 0) is 29.8 Å². The average molecular weight is 376 g/mol. The lowest BCUT2D eigenvalue weighted by Crippen LogP contribution is -2.16. The number of alkyl halides is 3. The van der Waals surface area contributed by atoms with Crippen LogP contribution in [0.2, 0.25) is 0 Å². The lowest BCUT2D eigenvalue weighted by atomic mass is 10.1. The van der Waals surface area contributed by atoms with E-state index in [4.69, 9.17) is 4.74 Å². The topological polar surface area (TPSA) is 69.0 Å². The highest BCUT2D eigenvalue weighted by molar-refractivity contribution is 5.89. The first-order valence-corrected chi connectivity index (χ1v) is 8.30. The Balaban J connectivity index is 1.67. The number of carbonyl (C=O) groups excluding carboxylic acids is 1. The van der Waals surface area contributed by atoms with Gasteiger partial charge in [0.1, 0.15) is 5.75 Å². The van der Waals surface area contributed by atoms with Crippen molar-refractivity contribution in [2.45, 2.75) is 12.7 Å². The van der Waals surface area contributed by atoms with Crippen molar-refractivity contribution in [3.63, 3.8) is 0 Å². The highest BCUT2D eigenvalue weighted by Crippen LogP contribution is 2.33. The van der Waals surface area contributed by atoms with Crippen LogP contribution in [-0.4, -0.2) is 33.8 Å². The monoisotopic (exact) mass is 376 g/mol. The number of ether oxygens (including phenoxy) is 1. The Hall–Kier alpha value is -3.10. The lowest BCUT2D eigenvalue weighted by molar-refractivity contribution is -0.212. The number of pyridine rings is 1. The summed E-state index contributed by atoms with van der Waals surface area (Å²) < 4.78 is 44.3. The Morgan fingerprint density at radius 3 is 2.85 bits per heavy atom. The maximum absolute atomic E-state index is 12.8. The number of rotatable bonds is 4. The maximum atomic E-state index is 12.8. The molecular formula is C18H15F3N4O2. The molecule has 1 aromatic carbocycles. The summed E-state index contributed by atoms with van der Waals surface area (Å²) in [4.78, 5) is 15.6. The van der Waals surface area contributed by atoms with Crippen LogP contribution in [0.25, 0.3) is 22.0 Å². The predicted molar refractivity (Wildman–Crippen MR) is 90.9 cm³/mol. The smallest absolute Gasteiger partial charge is 0.492 e. The molecule has 3 aromatic rings. The van der Waals surface area contributed by atoms with E-state index in [0.29, 0.717) is 42.0 Å². The van der Waals surface area contributed by atoms with Gasteiger partial charge in [0.05, 0.1) is 18.3 Å². The van der Waals surface area contributed by atoms with Crippen molar-refractivity contribution in [3.8, 4) is 16.9 Å². The van der Waals surface area contributed by atoms with Crippen molar-refractivity contribution >= 4 is 16.8 Å². The summed E-state index contributed by atoms with van der Waals surface area (Å²) in [6.07, 6.45) is -0.494. The van der Waals surface area contributed by atoms with Gasteiger partial charge in [0.25, 0.3) is 0 Å². The third kappa shape index (κ3) is 3.57. The number of halogens is 3. The third-order valence-corrected chi connectivity index (χ3v) is 4.40. The van der Waals surface area contributed by atoms with E-state index >= 15 is 0 Å². The average Bonchev–Trinajstić information content (AvgIpc) is 3.28. The van der Waals surface area contributed by atoms with Crippen molar-refractivity contribution in [1.29, 1.82) is 0 Å². The van der Waals surface area contributed by atoms with Gasteiger partial charge >= 0.3 is 6.30 Å².